The van der Waals surface area contributed by atoms with Crippen molar-refractivity contribution in [1.29, 1.82) is 0 Å². The van der Waals surface area contributed by atoms with Crippen LogP contribution >= 0.6 is 0 Å². The zero-order valence-corrected chi connectivity index (χ0v) is 10.9. The van der Waals surface area contributed by atoms with Crippen LogP contribution in [-0.4, -0.2) is 34.5 Å². The van der Waals surface area contributed by atoms with Crippen LogP contribution in [0.1, 0.15) is 11.4 Å². The normalized spacial score (nSPS) is 11.9. The zero-order chi connectivity index (χ0) is 13.3. The third-order valence-electron chi connectivity index (χ3n) is 2.26. The molecule has 0 aliphatic heterocycles. The van der Waals surface area contributed by atoms with Crippen LogP contribution in [-0.2, 0) is 10.0 Å². The summed E-state index contributed by atoms with van der Waals surface area (Å²) in [5.74, 6) is 0.270. The van der Waals surface area contributed by atoms with Crippen molar-refractivity contribution in [1.82, 2.24) is 24.3 Å². The highest BCUT2D eigenvalue weighted by molar-refractivity contribution is 7.89. The van der Waals surface area contributed by atoms with E-state index in [4.69, 9.17) is 0 Å². The van der Waals surface area contributed by atoms with Gasteiger partial charge in [0.25, 0.3) is 21.0 Å². The molecule has 0 saturated heterocycles. The van der Waals surface area contributed by atoms with Crippen molar-refractivity contribution in [3.8, 4) is 0 Å². The maximum Gasteiger partial charge on any atom is 0.284 e. The van der Waals surface area contributed by atoms with Gasteiger partial charge < -0.3 is 0 Å². The van der Waals surface area contributed by atoms with E-state index in [1.807, 2.05) is 13.8 Å². The van der Waals surface area contributed by atoms with Gasteiger partial charge in [-0.05, 0) is 19.9 Å². The Morgan fingerprint density at radius 3 is 2.83 bits per heavy atom. The number of nitrogens with one attached hydrogen (secondary N) is 1. The molecule has 18 heavy (non-hydrogen) atoms. The van der Waals surface area contributed by atoms with Crippen LogP contribution in [0.15, 0.2) is 23.9 Å². The van der Waals surface area contributed by atoms with E-state index in [0.29, 0.717) is 0 Å². The van der Waals surface area contributed by atoms with Gasteiger partial charge in [-0.3, -0.25) is 0 Å². The van der Waals surface area contributed by atoms with Crippen LogP contribution in [0, 0.1) is 13.8 Å². The van der Waals surface area contributed by atoms with Crippen LogP contribution in [0.2, 0.25) is 0 Å². The van der Waals surface area contributed by atoms with Gasteiger partial charge in [0.1, 0.15) is 0 Å². The molecule has 2 aromatic heterocycles. The molecule has 0 bridgehead atoms. The second-order valence-corrected chi connectivity index (χ2v) is 5.45. The van der Waals surface area contributed by atoms with Gasteiger partial charge in [0.2, 0.25) is 0 Å². The molecule has 0 spiro atoms. The molecule has 0 unspecified atom stereocenters. The number of fused-ring (bicyclic) bond motifs is 1. The summed E-state index contributed by atoms with van der Waals surface area (Å²) in [5, 5.41) is 3.65. The minimum absolute atomic E-state index is 0.128. The molecule has 8 heteroatoms. The lowest BCUT2D eigenvalue weighted by molar-refractivity contribution is 0.576. The van der Waals surface area contributed by atoms with E-state index in [2.05, 4.69) is 26.4 Å². The van der Waals surface area contributed by atoms with Crippen molar-refractivity contribution in [2.75, 3.05) is 6.54 Å². The summed E-state index contributed by atoms with van der Waals surface area (Å²) in [6, 6.07) is 1.80. The molecule has 1 N–H and O–H groups in total. The number of rotatable bonds is 4. The van der Waals surface area contributed by atoms with Crippen LogP contribution in [0.25, 0.3) is 5.78 Å². The highest BCUT2D eigenvalue weighted by atomic mass is 32.2. The molecule has 2 rings (SSSR count). The fraction of sp³-hybridized carbons (Fsp3) is 0.300. The number of aryl methyl sites for hydroxylation is 2. The molecule has 96 valence electrons. The molecule has 0 aromatic carbocycles. The first kappa shape index (κ1) is 12.7. The fourth-order valence-corrected chi connectivity index (χ4v) is 2.35. The Kier molecular flexibility index (Phi) is 3.14. The third-order valence-corrected chi connectivity index (χ3v) is 3.46. The van der Waals surface area contributed by atoms with E-state index in [1.165, 1.54) is 10.6 Å². The number of sulfonamides is 1. The topological polar surface area (TPSA) is 89.2 Å². The average Bonchev–Trinajstić information content (AvgIpc) is 2.71. The zero-order valence-electron chi connectivity index (χ0n) is 10.1. The Morgan fingerprint density at radius 2 is 2.17 bits per heavy atom. The molecular weight excluding hydrogens is 254 g/mol. The van der Waals surface area contributed by atoms with Gasteiger partial charge in [0.15, 0.2) is 0 Å². The van der Waals surface area contributed by atoms with E-state index in [1.54, 1.807) is 6.07 Å². The molecule has 7 nitrogen and oxygen atoms in total. The lowest BCUT2D eigenvalue weighted by Crippen LogP contribution is -2.24. The van der Waals surface area contributed by atoms with Gasteiger partial charge in [0, 0.05) is 17.9 Å². The van der Waals surface area contributed by atoms with Gasteiger partial charge in [-0.2, -0.15) is 4.98 Å². The quantitative estimate of drug-likeness (QED) is 0.800. The van der Waals surface area contributed by atoms with Crippen LogP contribution in [0.3, 0.4) is 0 Å². The van der Waals surface area contributed by atoms with E-state index in [-0.39, 0.29) is 17.5 Å². The van der Waals surface area contributed by atoms with E-state index >= 15 is 0 Å². The lowest BCUT2D eigenvalue weighted by Gasteiger charge is -1.98. The summed E-state index contributed by atoms with van der Waals surface area (Å²) in [6.45, 7) is 7.19. The number of hydrogen-bond donors (Lipinski definition) is 1. The van der Waals surface area contributed by atoms with Gasteiger partial charge in [-0.25, -0.2) is 22.6 Å². The molecule has 0 radical (unpaired) electrons. The van der Waals surface area contributed by atoms with Crippen molar-refractivity contribution >= 4 is 15.8 Å². The van der Waals surface area contributed by atoms with Crippen molar-refractivity contribution < 1.29 is 8.42 Å². The summed E-state index contributed by atoms with van der Waals surface area (Å²) in [4.78, 5) is 8.04. The SMILES string of the molecule is C=CCNS(=O)(=O)c1nc2nc(C)cc(C)n2n1. The fourth-order valence-electron chi connectivity index (χ4n) is 1.49. The summed E-state index contributed by atoms with van der Waals surface area (Å²) in [5.41, 5.74) is 1.53. The second-order valence-electron chi connectivity index (χ2n) is 3.79. The maximum atomic E-state index is 11.8. The Hall–Kier alpha value is -1.80. The molecule has 0 fully saturated rings. The molecule has 0 saturated carbocycles. The van der Waals surface area contributed by atoms with Crippen molar-refractivity contribution in [3.05, 3.63) is 30.1 Å². The predicted octanol–water partition coefficient (Wildman–Crippen LogP) is 0.205. The van der Waals surface area contributed by atoms with Gasteiger partial charge in [-0.1, -0.05) is 6.08 Å². The monoisotopic (exact) mass is 267 g/mol. The number of nitrogens with zero attached hydrogens (tertiary/aromatic N) is 4. The summed E-state index contributed by atoms with van der Waals surface area (Å²) in [7, 11) is -3.72. The molecular formula is C10H13N5O2S. The van der Waals surface area contributed by atoms with Gasteiger partial charge >= 0.3 is 0 Å². The van der Waals surface area contributed by atoms with Gasteiger partial charge in [0.05, 0.1) is 0 Å². The van der Waals surface area contributed by atoms with Crippen LogP contribution < -0.4 is 4.72 Å². The van der Waals surface area contributed by atoms with Crippen molar-refractivity contribution in [2.24, 2.45) is 0 Å². The molecule has 0 atom stereocenters. The van der Waals surface area contributed by atoms with E-state index < -0.39 is 10.0 Å². The average molecular weight is 267 g/mol. The third kappa shape index (κ3) is 2.24. The number of aromatic nitrogens is 4. The highest BCUT2D eigenvalue weighted by Gasteiger charge is 2.20. The minimum atomic E-state index is -3.72. The Bertz CT molecular complexity index is 704. The predicted molar refractivity (Wildman–Crippen MR) is 65.6 cm³/mol. The number of hydrogen-bond acceptors (Lipinski definition) is 5. The Balaban J connectivity index is 2.54. The lowest BCUT2D eigenvalue weighted by atomic mass is 10.4. The van der Waals surface area contributed by atoms with Gasteiger partial charge in [-0.15, -0.1) is 11.7 Å². The molecule has 0 amide bonds. The summed E-state index contributed by atoms with van der Waals surface area (Å²) in [6.07, 6.45) is 1.45. The second kappa shape index (κ2) is 4.46. The van der Waals surface area contributed by atoms with E-state index in [0.717, 1.165) is 11.4 Å². The molecule has 0 aliphatic rings. The molecule has 0 aliphatic carbocycles. The maximum absolute atomic E-state index is 11.8. The summed E-state index contributed by atoms with van der Waals surface area (Å²) >= 11 is 0. The van der Waals surface area contributed by atoms with Crippen LogP contribution in [0.5, 0.6) is 0 Å². The standard InChI is InChI=1S/C10H13N5O2S/c1-4-5-11-18(16,17)10-13-9-12-7(2)6-8(3)15(9)14-10/h4,6,11H,1,5H2,2-3H3. The largest absolute Gasteiger partial charge is 0.284 e. The van der Waals surface area contributed by atoms with Crippen molar-refractivity contribution in [2.45, 2.75) is 19.0 Å². The first-order valence-electron chi connectivity index (χ1n) is 5.25. The molecule has 2 aromatic rings. The highest BCUT2D eigenvalue weighted by Crippen LogP contribution is 2.08. The smallest absolute Gasteiger partial charge is 0.216 e. The van der Waals surface area contributed by atoms with Crippen molar-refractivity contribution in [3.63, 3.8) is 0 Å². The van der Waals surface area contributed by atoms with E-state index in [9.17, 15) is 8.42 Å². The Labute approximate surface area is 105 Å². The minimum Gasteiger partial charge on any atom is -0.216 e. The molecule has 2 heterocycles. The van der Waals surface area contributed by atoms with Crippen LogP contribution in [0.4, 0.5) is 0 Å². The first-order valence-corrected chi connectivity index (χ1v) is 6.74. The summed E-state index contributed by atoms with van der Waals surface area (Å²) < 4.78 is 27.4. The Morgan fingerprint density at radius 1 is 1.44 bits per heavy atom. The first-order chi connectivity index (χ1) is 8.44.